The van der Waals surface area contributed by atoms with Crippen molar-refractivity contribution in [2.75, 3.05) is 20.7 Å². The van der Waals surface area contributed by atoms with Crippen molar-refractivity contribution in [1.29, 1.82) is 0 Å². The van der Waals surface area contributed by atoms with E-state index in [-0.39, 0.29) is 24.6 Å². The van der Waals surface area contributed by atoms with Gasteiger partial charge in [0, 0.05) is 24.2 Å². The van der Waals surface area contributed by atoms with Gasteiger partial charge in [0.1, 0.15) is 11.6 Å². The molecule has 0 radical (unpaired) electrons. The Bertz CT molecular complexity index is 783. The minimum absolute atomic E-state index is 0.102. The van der Waals surface area contributed by atoms with Crippen LogP contribution in [0.25, 0.3) is 0 Å². The van der Waals surface area contributed by atoms with E-state index in [9.17, 15) is 14.0 Å². The SMILES string of the molecule is COc1ccc(Cl)cc1CN(C)C(=O)CNC(=O)c1ccccc1F. The summed E-state index contributed by atoms with van der Waals surface area (Å²) in [6.45, 7) is 0.0185. The standard InChI is InChI=1S/C18H18ClFN2O3/c1-22(11-12-9-13(19)7-8-16(12)25-2)17(23)10-21-18(24)14-5-3-4-6-15(14)20/h3-9H,10-11H2,1-2H3,(H,21,24). The van der Waals surface area contributed by atoms with Crippen LogP contribution in [0.4, 0.5) is 4.39 Å². The van der Waals surface area contributed by atoms with Gasteiger partial charge in [-0.3, -0.25) is 9.59 Å². The molecule has 2 amide bonds. The molecule has 25 heavy (non-hydrogen) atoms. The number of methoxy groups -OCH3 is 1. The third-order valence-electron chi connectivity index (χ3n) is 3.59. The molecule has 0 saturated carbocycles. The van der Waals surface area contributed by atoms with Crippen molar-refractivity contribution in [1.82, 2.24) is 10.2 Å². The molecule has 2 aromatic carbocycles. The first-order valence-corrected chi connectivity index (χ1v) is 7.89. The van der Waals surface area contributed by atoms with E-state index in [4.69, 9.17) is 16.3 Å². The zero-order chi connectivity index (χ0) is 18.4. The fraction of sp³-hybridized carbons (Fsp3) is 0.222. The molecule has 0 spiro atoms. The molecule has 0 aromatic heterocycles. The van der Waals surface area contributed by atoms with Gasteiger partial charge >= 0.3 is 0 Å². The monoisotopic (exact) mass is 364 g/mol. The van der Waals surface area contributed by atoms with Crippen LogP contribution >= 0.6 is 11.6 Å². The largest absolute Gasteiger partial charge is 0.496 e. The van der Waals surface area contributed by atoms with Gasteiger partial charge in [0.05, 0.1) is 19.2 Å². The van der Waals surface area contributed by atoms with Gasteiger partial charge in [-0.1, -0.05) is 23.7 Å². The van der Waals surface area contributed by atoms with Gasteiger partial charge in [-0.2, -0.15) is 0 Å². The van der Waals surface area contributed by atoms with Crippen LogP contribution in [0.2, 0.25) is 5.02 Å². The van der Waals surface area contributed by atoms with E-state index in [1.807, 2.05) is 0 Å². The van der Waals surface area contributed by atoms with Gasteiger partial charge in [-0.25, -0.2) is 4.39 Å². The number of hydrogen-bond acceptors (Lipinski definition) is 3. The first kappa shape index (κ1) is 18.7. The first-order valence-electron chi connectivity index (χ1n) is 7.51. The van der Waals surface area contributed by atoms with E-state index in [1.54, 1.807) is 31.3 Å². The molecule has 0 saturated heterocycles. The van der Waals surface area contributed by atoms with Gasteiger partial charge in [0.2, 0.25) is 5.91 Å². The van der Waals surface area contributed by atoms with Crippen molar-refractivity contribution in [2.45, 2.75) is 6.54 Å². The summed E-state index contributed by atoms with van der Waals surface area (Å²) in [5, 5.41) is 2.95. The highest BCUT2D eigenvalue weighted by Crippen LogP contribution is 2.23. The Hall–Kier alpha value is -2.60. The summed E-state index contributed by atoms with van der Waals surface area (Å²) >= 11 is 5.97. The van der Waals surface area contributed by atoms with Crippen LogP contribution in [-0.2, 0) is 11.3 Å². The molecular formula is C18H18ClFN2O3. The van der Waals surface area contributed by atoms with Gasteiger partial charge < -0.3 is 15.0 Å². The highest BCUT2D eigenvalue weighted by molar-refractivity contribution is 6.30. The topological polar surface area (TPSA) is 58.6 Å². The second kappa shape index (κ2) is 8.48. The molecule has 0 atom stereocenters. The molecule has 0 fully saturated rings. The number of nitrogens with zero attached hydrogens (tertiary/aromatic N) is 1. The molecule has 7 heteroatoms. The summed E-state index contributed by atoms with van der Waals surface area (Å²) in [5.41, 5.74) is 0.640. The quantitative estimate of drug-likeness (QED) is 0.857. The second-order valence-electron chi connectivity index (χ2n) is 5.37. The normalized spacial score (nSPS) is 10.2. The molecule has 2 rings (SSSR count). The van der Waals surface area contributed by atoms with E-state index in [0.717, 1.165) is 5.56 Å². The molecule has 1 N–H and O–H groups in total. The fourth-order valence-electron chi connectivity index (χ4n) is 2.25. The molecule has 0 unspecified atom stereocenters. The van der Waals surface area contributed by atoms with Gasteiger partial charge in [0.25, 0.3) is 5.91 Å². The van der Waals surface area contributed by atoms with Gasteiger partial charge in [0.15, 0.2) is 0 Å². The van der Waals surface area contributed by atoms with Crippen molar-refractivity contribution in [3.8, 4) is 5.75 Å². The summed E-state index contributed by atoms with van der Waals surface area (Å²) in [7, 11) is 3.13. The lowest BCUT2D eigenvalue weighted by Crippen LogP contribution is -2.38. The number of carbonyl (C=O) groups is 2. The van der Waals surface area contributed by atoms with Gasteiger partial charge in [-0.15, -0.1) is 0 Å². The molecule has 0 aliphatic heterocycles. The van der Waals surface area contributed by atoms with Crippen LogP contribution in [-0.4, -0.2) is 37.4 Å². The summed E-state index contributed by atoms with van der Waals surface area (Å²) in [6, 6.07) is 10.7. The summed E-state index contributed by atoms with van der Waals surface area (Å²) in [5.74, 6) is -0.990. The number of amides is 2. The molecule has 2 aromatic rings. The number of benzene rings is 2. The highest BCUT2D eigenvalue weighted by Gasteiger charge is 2.15. The van der Waals surface area contributed by atoms with Crippen LogP contribution in [0.3, 0.4) is 0 Å². The summed E-state index contributed by atoms with van der Waals surface area (Å²) < 4.78 is 18.8. The lowest BCUT2D eigenvalue weighted by atomic mass is 10.2. The molecule has 5 nitrogen and oxygen atoms in total. The molecule has 0 aliphatic carbocycles. The third-order valence-corrected chi connectivity index (χ3v) is 3.83. The molecule has 0 bridgehead atoms. The summed E-state index contributed by atoms with van der Waals surface area (Å²) in [6.07, 6.45) is 0. The predicted octanol–water partition coefficient (Wildman–Crippen LogP) is 2.88. The van der Waals surface area contributed by atoms with E-state index in [1.165, 1.54) is 30.2 Å². The van der Waals surface area contributed by atoms with Crippen molar-refractivity contribution >= 4 is 23.4 Å². The smallest absolute Gasteiger partial charge is 0.254 e. The zero-order valence-corrected chi connectivity index (χ0v) is 14.6. The maximum absolute atomic E-state index is 13.5. The number of carbonyl (C=O) groups excluding carboxylic acids is 2. The van der Waals surface area contributed by atoms with Crippen molar-refractivity contribution in [2.24, 2.45) is 0 Å². The van der Waals surface area contributed by atoms with Crippen LogP contribution in [0, 0.1) is 5.82 Å². The maximum Gasteiger partial charge on any atom is 0.254 e. The van der Waals surface area contributed by atoms with Crippen molar-refractivity contribution in [3.05, 3.63) is 64.4 Å². The lowest BCUT2D eigenvalue weighted by Gasteiger charge is -2.19. The number of rotatable bonds is 6. The average molecular weight is 365 g/mol. The number of likely N-dealkylation sites (N-methyl/N-ethyl adjacent to an activating group) is 1. The fourth-order valence-corrected chi connectivity index (χ4v) is 2.44. The van der Waals surface area contributed by atoms with E-state index in [0.29, 0.717) is 10.8 Å². The molecule has 132 valence electrons. The van der Waals surface area contributed by atoms with Crippen LogP contribution < -0.4 is 10.1 Å². The Morgan fingerprint density at radius 2 is 1.96 bits per heavy atom. The average Bonchev–Trinajstić information content (AvgIpc) is 2.60. The molecule has 0 aliphatic rings. The number of hydrogen-bond donors (Lipinski definition) is 1. The zero-order valence-electron chi connectivity index (χ0n) is 13.9. The Morgan fingerprint density at radius 3 is 2.64 bits per heavy atom. The van der Waals surface area contributed by atoms with Crippen LogP contribution in [0.15, 0.2) is 42.5 Å². The molecule has 0 heterocycles. The van der Waals surface area contributed by atoms with E-state index >= 15 is 0 Å². The Balaban J connectivity index is 1.96. The first-order chi connectivity index (χ1) is 11.9. The lowest BCUT2D eigenvalue weighted by molar-refractivity contribution is -0.129. The van der Waals surface area contributed by atoms with Crippen LogP contribution in [0.1, 0.15) is 15.9 Å². The van der Waals surface area contributed by atoms with E-state index < -0.39 is 11.7 Å². The van der Waals surface area contributed by atoms with Crippen molar-refractivity contribution in [3.63, 3.8) is 0 Å². The third kappa shape index (κ3) is 4.93. The Morgan fingerprint density at radius 1 is 1.24 bits per heavy atom. The molecular weight excluding hydrogens is 347 g/mol. The maximum atomic E-state index is 13.5. The number of nitrogens with one attached hydrogen (secondary N) is 1. The number of ether oxygens (including phenoxy) is 1. The van der Waals surface area contributed by atoms with Crippen LogP contribution in [0.5, 0.6) is 5.75 Å². The minimum atomic E-state index is -0.639. The Labute approximate surface area is 150 Å². The van der Waals surface area contributed by atoms with Gasteiger partial charge in [-0.05, 0) is 30.3 Å². The predicted molar refractivity (Wildman–Crippen MR) is 93.2 cm³/mol. The highest BCUT2D eigenvalue weighted by atomic mass is 35.5. The Kier molecular flexibility index (Phi) is 6.36. The van der Waals surface area contributed by atoms with E-state index in [2.05, 4.69) is 5.32 Å². The minimum Gasteiger partial charge on any atom is -0.496 e. The van der Waals surface area contributed by atoms with Crippen molar-refractivity contribution < 1.29 is 18.7 Å². The summed E-state index contributed by atoms with van der Waals surface area (Å²) in [4.78, 5) is 25.6. The number of halogens is 2. The second-order valence-corrected chi connectivity index (χ2v) is 5.80.